The lowest BCUT2D eigenvalue weighted by atomic mass is 10.1. The van der Waals surface area contributed by atoms with E-state index >= 15 is 0 Å². The van der Waals surface area contributed by atoms with Crippen LogP contribution in [0.5, 0.6) is 11.5 Å². The van der Waals surface area contributed by atoms with Crippen molar-refractivity contribution in [3.05, 3.63) is 156 Å². The molecule has 0 bridgehead atoms. The van der Waals surface area contributed by atoms with E-state index in [9.17, 15) is 8.78 Å². The van der Waals surface area contributed by atoms with Crippen molar-refractivity contribution < 1.29 is 27.8 Å². The predicted molar refractivity (Wildman–Crippen MR) is 246 cm³/mol. The van der Waals surface area contributed by atoms with Crippen molar-refractivity contribution in [2.45, 2.75) is 12.8 Å². The molecule has 0 N–H and O–H groups in total. The van der Waals surface area contributed by atoms with Gasteiger partial charge in [-0.3, -0.25) is 9.68 Å². The quantitative estimate of drug-likeness (QED) is 0.0539. The second kappa shape index (κ2) is 21.3. The molecule has 0 aliphatic heterocycles. The van der Waals surface area contributed by atoms with E-state index in [1.54, 1.807) is 60.9 Å². The number of anilines is 4. The number of pyridine rings is 2. The molecule has 0 atom stereocenters. The van der Waals surface area contributed by atoms with Gasteiger partial charge in [-0.15, -0.1) is 0 Å². The molecule has 6 aromatic rings. The zero-order valence-corrected chi connectivity index (χ0v) is 40.3. The van der Waals surface area contributed by atoms with Gasteiger partial charge >= 0.3 is 7.69 Å². The molecule has 21 heteroatoms. The van der Waals surface area contributed by atoms with E-state index < -0.39 is 11.6 Å². The Morgan fingerprint density at radius 3 is 1.34 bits per heavy atom. The summed E-state index contributed by atoms with van der Waals surface area (Å²) in [6.07, 6.45) is 3.46. The SMILES string of the molecule is Fc1ccc(Cl)c(CCON(c2ccccn2)c2c(Cl)c(O[B]Oc3cc(Br)c(Br)c(N(OCCc4c(Cl)ccc(F)c4Cl)c4ccccn4)c3Cl)cc(Br)c2Br)c1Cl. The molecule has 2 aromatic heterocycles. The number of hydrogen-bond donors (Lipinski definition) is 0. The second-order valence-electron chi connectivity index (χ2n) is 11.8. The topological polar surface area (TPSA) is 69.2 Å². The lowest BCUT2D eigenvalue weighted by molar-refractivity contribution is 0.136. The summed E-state index contributed by atoms with van der Waals surface area (Å²) in [7, 11) is 1.04. The van der Waals surface area contributed by atoms with Crippen LogP contribution in [-0.4, -0.2) is 30.9 Å². The van der Waals surface area contributed by atoms with Gasteiger partial charge in [0.1, 0.15) is 44.6 Å². The Balaban J connectivity index is 1.25. The molecule has 0 aliphatic rings. The molecule has 4 aromatic carbocycles. The first-order valence-electron chi connectivity index (χ1n) is 16.7. The molecule has 1 radical (unpaired) electrons. The van der Waals surface area contributed by atoms with Gasteiger partial charge in [-0.2, -0.15) is 0 Å². The van der Waals surface area contributed by atoms with Crippen molar-refractivity contribution in [1.82, 2.24) is 9.97 Å². The summed E-state index contributed by atoms with van der Waals surface area (Å²) in [6, 6.07) is 18.9. The summed E-state index contributed by atoms with van der Waals surface area (Å²) < 4.78 is 42.5. The van der Waals surface area contributed by atoms with Gasteiger partial charge in [-0.1, -0.05) is 81.7 Å². The highest BCUT2D eigenvalue weighted by molar-refractivity contribution is 9.13. The third kappa shape index (κ3) is 10.9. The van der Waals surface area contributed by atoms with E-state index in [0.717, 1.165) is 7.69 Å². The molecule has 0 saturated carbocycles. The van der Waals surface area contributed by atoms with E-state index in [-0.39, 0.29) is 67.7 Å². The van der Waals surface area contributed by atoms with Gasteiger partial charge in [0.25, 0.3) is 0 Å². The van der Waals surface area contributed by atoms with Gasteiger partial charge in [0.15, 0.2) is 11.6 Å². The van der Waals surface area contributed by atoms with Crippen LogP contribution in [0.15, 0.2) is 103 Å². The van der Waals surface area contributed by atoms with Crippen molar-refractivity contribution in [2.75, 3.05) is 23.3 Å². The molecule has 0 amide bonds. The number of rotatable bonds is 16. The van der Waals surface area contributed by atoms with Crippen LogP contribution in [0.3, 0.4) is 0 Å². The zero-order valence-electron chi connectivity index (χ0n) is 29.4. The fraction of sp³-hybridized carbons (Fsp3) is 0.105. The zero-order chi connectivity index (χ0) is 42.4. The van der Waals surface area contributed by atoms with Crippen LogP contribution in [-0.2, 0) is 22.5 Å². The standard InChI is InChI=1S/C38H22BBr4Cl6F2N4O4/c40-21-17-27(35(48)37(31(21)42)54(29-5-1-3-13-52-29)56-15-11-19-23(44)7-9-25(50)33(19)46)58-39-59-28-18-22(41)32(43)38(36(28)49)55(30-6-2-4-14-53-30)57-16-12-20-24(45)8-10-26(51)34(20)47/h1-10,13-14,17-18H,11-12,15-16H2. The molecule has 0 saturated heterocycles. The van der Waals surface area contributed by atoms with Crippen molar-refractivity contribution in [3.63, 3.8) is 0 Å². The molecular formula is C38H22BBr4Cl6F2N4O4. The van der Waals surface area contributed by atoms with Gasteiger partial charge in [0.05, 0.1) is 32.2 Å². The molecule has 2 heterocycles. The Morgan fingerprint density at radius 2 is 0.966 bits per heavy atom. The molecule has 8 nitrogen and oxygen atoms in total. The number of benzene rings is 4. The summed E-state index contributed by atoms with van der Waals surface area (Å²) in [4.78, 5) is 21.3. The first kappa shape index (κ1) is 46.4. The van der Waals surface area contributed by atoms with Gasteiger partial charge in [-0.05, 0) is 136 Å². The van der Waals surface area contributed by atoms with Gasteiger partial charge in [-0.25, -0.2) is 28.9 Å². The maximum Gasteiger partial charge on any atom is 0.658 e. The minimum absolute atomic E-state index is 0.00894. The number of aromatic nitrogens is 2. The Bertz CT molecular complexity index is 2310. The summed E-state index contributed by atoms with van der Waals surface area (Å²) >= 11 is 53.4. The molecule has 0 unspecified atom stereocenters. The van der Waals surface area contributed by atoms with Crippen LogP contribution >= 0.6 is 133 Å². The predicted octanol–water partition coefficient (Wildman–Crippen LogP) is 15.3. The third-order valence-corrected chi connectivity index (χ3v) is 14.3. The third-order valence-electron chi connectivity index (χ3n) is 8.09. The fourth-order valence-electron chi connectivity index (χ4n) is 5.30. The van der Waals surface area contributed by atoms with Gasteiger partial charge < -0.3 is 9.31 Å². The molecule has 0 fully saturated rings. The van der Waals surface area contributed by atoms with Crippen LogP contribution < -0.4 is 19.4 Å². The maximum absolute atomic E-state index is 14.2. The first-order valence-corrected chi connectivity index (χ1v) is 22.1. The van der Waals surface area contributed by atoms with Gasteiger partial charge in [0.2, 0.25) is 0 Å². The Labute approximate surface area is 401 Å². The van der Waals surface area contributed by atoms with E-state index in [1.807, 2.05) is 0 Å². The molecule has 305 valence electrons. The minimum Gasteiger partial charge on any atom is -0.525 e. The van der Waals surface area contributed by atoms with Crippen molar-refractivity contribution in [3.8, 4) is 11.5 Å². The van der Waals surface area contributed by atoms with E-state index in [4.69, 9.17) is 88.6 Å². The number of halogens is 12. The number of nitrogens with zero attached hydrogens (tertiary/aromatic N) is 4. The molecule has 59 heavy (non-hydrogen) atoms. The molecule has 6 rings (SSSR count). The second-order valence-corrected chi connectivity index (χ2v) is 17.4. The highest BCUT2D eigenvalue weighted by Gasteiger charge is 2.27. The highest BCUT2D eigenvalue weighted by atomic mass is 79.9. The smallest absolute Gasteiger partial charge is 0.525 e. The van der Waals surface area contributed by atoms with Crippen LogP contribution in [0.25, 0.3) is 0 Å². The van der Waals surface area contributed by atoms with Crippen molar-refractivity contribution in [1.29, 1.82) is 0 Å². The van der Waals surface area contributed by atoms with E-state index in [1.165, 1.54) is 34.4 Å². The Hall–Kier alpha value is -2.12. The monoisotopic (exact) mass is 1170 g/mol. The minimum atomic E-state index is -0.605. The van der Waals surface area contributed by atoms with Crippen molar-refractivity contribution >= 4 is 164 Å². The average Bonchev–Trinajstić information content (AvgIpc) is 3.23. The van der Waals surface area contributed by atoms with E-state index in [2.05, 4.69) is 73.7 Å². The normalized spacial score (nSPS) is 11.1. The number of hydrogen-bond acceptors (Lipinski definition) is 8. The first-order chi connectivity index (χ1) is 28.3. The summed E-state index contributed by atoms with van der Waals surface area (Å²) in [5, 5.41) is 3.33. The van der Waals surface area contributed by atoms with Crippen LogP contribution in [0.4, 0.5) is 31.8 Å². The Kier molecular flexibility index (Phi) is 16.8. The highest BCUT2D eigenvalue weighted by Crippen LogP contribution is 2.49. The van der Waals surface area contributed by atoms with Crippen LogP contribution in [0, 0.1) is 11.6 Å². The summed E-state index contributed by atoms with van der Waals surface area (Å²) in [5.74, 6) is -0.219. The van der Waals surface area contributed by atoms with Gasteiger partial charge in [0, 0.05) is 44.2 Å². The average molecular weight is 1180 g/mol. The molecular weight excluding hydrogens is 1160 g/mol. The fourth-order valence-corrected chi connectivity index (χ4v) is 8.93. The summed E-state index contributed by atoms with van der Waals surface area (Å²) in [6.45, 7) is -0.0179. The largest absolute Gasteiger partial charge is 0.658 e. The van der Waals surface area contributed by atoms with Crippen LogP contribution in [0.2, 0.25) is 30.1 Å². The van der Waals surface area contributed by atoms with E-state index in [0.29, 0.717) is 52.0 Å². The summed E-state index contributed by atoms with van der Waals surface area (Å²) in [5.41, 5.74) is 1.35. The van der Waals surface area contributed by atoms with Crippen LogP contribution in [0.1, 0.15) is 11.1 Å². The lowest BCUT2D eigenvalue weighted by Crippen LogP contribution is -2.22. The molecule has 0 aliphatic carbocycles. The maximum atomic E-state index is 14.2. The van der Waals surface area contributed by atoms with Crippen molar-refractivity contribution in [2.24, 2.45) is 0 Å². The Morgan fingerprint density at radius 1 is 0.559 bits per heavy atom. The lowest BCUT2D eigenvalue weighted by Gasteiger charge is -2.27. The molecule has 0 spiro atoms.